The van der Waals surface area contributed by atoms with E-state index in [1.807, 2.05) is 0 Å². The van der Waals surface area contributed by atoms with Crippen LogP contribution in [0, 0.1) is 0 Å². The number of rotatable bonds is 1. The zero-order valence-corrected chi connectivity index (χ0v) is 9.96. The number of fused-ring (bicyclic) bond motifs is 1. The first-order chi connectivity index (χ1) is 12.9. The van der Waals surface area contributed by atoms with Crippen LogP contribution in [0.25, 0.3) is 21.9 Å². The van der Waals surface area contributed by atoms with Gasteiger partial charge in [-0.1, -0.05) is 64.3 Å². The molecule has 0 amide bonds. The van der Waals surface area contributed by atoms with Gasteiger partial charge in [0.25, 0.3) is 0 Å². The van der Waals surface area contributed by atoms with Crippen molar-refractivity contribution in [2.75, 3.05) is 0 Å². The molecule has 3 rings (SSSR count). The van der Waals surface area contributed by atoms with Crippen LogP contribution in [0.5, 0.6) is 0 Å². The van der Waals surface area contributed by atoms with E-state index in [-0.39, 0.29) is 26.4 Å². The molecule has 0 aliphatic rings. The Kier molecular flexibility index (Phi) is 1.01. The Labute approximate surface area is 124 Å². The third-order valence-electron chi connectivity index (χ3n) is 2.09. The first-order valence-corrected chi connectivity index (χ1v) is 5.48. The van der Waals surface area contributed by atoms with Gasteiger partial charge in [0, 0.05) is 4.47 Å². The Morgan fingerprint density at radius 3 is 2.12 bits per heavy atom. The van der Waals surface area contributed by atoms with Crippen molar-refractivity contribution in [3.8, 4) is 11.1 Å². The van der Waals surface area contributed by atoms with Crippen molar-refractivity contribution in [2.45, 2.75) is 0 Å². The predicted molar refractivity (Wildman–Crippen MR) is 77.1 cm³/mol. The molecule has 0 nitrogen and oxygen atoms in total. The summed E-state index contributed by atoms with van der Waals surface area (Å²) in [6.07, 6.45) is 0. The second kappa shape index (κ2) is 4.34. The van der Waals surface area contributed by atoms with Crippen LogP contribution >= 0.6 is 15.9 Å². The highest BCUT2D eigenvalue weighted by Gasteiger charge is 1.99. The number of hydrogen-bond acceptors (Lipinski definition) is 0. The monoisotopic (exact) mass is 293 g/mol. The second-order valence-corrected chi connectivity index (χ2v) is 3.98. The first-order valence-electron chi connectivity index (χ1n) is 10.2. The van der Waals surface area contributed by atoms with Crippen molar-refractivity contribution in [2.24, 2.45) is 0 Å². The summed E-state index contributed by atoms with van der Waals surface area (Å²) in [7, 11) is 0. The number of halogens is 1. The van der Waals surface area contributed by atoms with E-state index in [1.54, 1.807) is 0 Å². The first kappa shape index (κ1) is 3.96. The maximum Gasteiger partial charge on any atom is 0.0636 e. The van der Waals surface area contributed by atoms with Crippen LogP contribution < -0.4 is 0 Å². The minimum Gasteiger partial charge on any atom is -0.0616 e. The average Bonchev–Trinajstić information content (AvgIpc) is 2.66. The molecule has 0 unspecified atom stereocenters. The molecule has 0 radical (unpaired) electrons. The summed E-state index contributed by atoms with van der Waals surface area (Å²) in [6, 6.07) is -5.93. The molecule has 0 saturated heterocycles. The Balaban J connectivity index is 2.64. The molecular weight excluding hydrogens is 272 g/mol. The Morgan fingerprint density at radius 1 is 0.706 bits per heavy atom. The molecule has 3 aromatic rings. The van der Waals surface area contributed by atoms with Crippen LogP contribution in [0.3, 0.4) is 0 Å². The van der Waals surface area contributed by atoms with Crippen LogP contribution in [0.1, 0.15) is 15.1 Å². The van der Waals surface area contributed by atoms with Gasteiger partial charge in [-0.3, -0.25) is 0 Å². The van der Waals surface area contributed by atoms with Crippen LogP contribution in [0.15, 0.2) is 70.9 Å². The van der Waals surface area contributed by atoms with E-state index in [4.69, 9.17) is 15.1 Å². The fourth-order valence-electron chi connectivity index (χ4n) is 1.33. The van der Waals surface area contributed by atoms with E-state index in [9.17, 15) is 0 Å². The van der Waals surface area contributed by atoms with Gasteiger partial charge in [-0.05, 0) is 40.0 Å². The maximum atomic E-state index is 8.46. The van der Waals surface area contributed by atoms with E-state index >= 15 is 0 Å². The molecule has 3 aromatic carbocycles. The molecule has 0 saturated carbocycles. The van der Waals surface area contributed by atoms with Crippen molar-refractivity contribution < 1.29 is 15.1 Å². The molecule has 0 aliphatic heterocycles. The largest absolute Gasteiger partial charge is 0.0636 e. The number of hydrogen-bond donors (Lipinski definition) is 0. The van der Waals surface area contributed by atoms with E-state index in [0.29, 0.717) is 0 Å². The highest BCUT2D eigenvalue weighted by atomic mass is 79.9. The van der Waals surface area contributed by atoms with E-state index in [2.05, 4.69) is 15.9 Å². The fraction of sp³-hybridized carbons (Fsp3) is 0. The maximum absolute atomic E-state index is 8.46. The summed E-state index contributed by atoms with van der Waals surface area (Å²) in [5, 5.41) is -0.598. The van der Waals surface area contributed by atoms with Crippen LogP contribution in [0.4, 0.5) is 0 Å². The quantitative estimate of drug-likeness (QED) is 0.573. The van der Waals surface area contributed by atoms with Crippen molar-refractivity contribution in [1.29, 1.82) is 0 Å². The van der Waals surface area contributed by atoms with Gasteiger partial charge >= 0.3 is 0 Å². The predicted octanol–water partition coefficient (Wildman–Crippen LogP) is 5.27. The summed E-state index contributed by atoms with van der Waals surface area (Å²) in [4.78, 5) is 0. The lowest BCUT2D eigenvalue weighted by atomic mass is 10.0. The Bertz CT molecular complexity index is 1160. The molecule has 0 fully saturated rings. The van der Waals surface area contributed by atoms with Gasteiger partial charge < -0.3 is 0 Å². The van der Waals surface area contributed by atoms with Gasteiger partial charge in [0.1, 0.15) is 0 Å². The smallest absolute Gasteiger partial charge is 0.0616 e. The van der Waals surface area contributed by atoms with Gasteiger partial charge in [-0.15, -0.1) is 0 Å². The van der Waals surface area contributed by atoms with Crippen molar-refractivity contribution in [3.63, 3.8) is 0 Å². The van der Waals surface area contributed by atoms with Gasteiger partial charge in [-0.2, -0.15) is 0 Å². The van der Waals surface area contributed by atoms with E-state index in [1.165, 1.54) is 0 Å². The Morgan fingerprint density at radius 2 is 1.35 bits per heavy atom. The topological polar surface area (TPSA) is 0 Å². The molecule has 82 valence electrons. The second-order valence-electron chi connectivity index (χ2n) is 3.19. The van der Waals surface area contributed by atoms with Gasteiger partial charge in [0.15, 0.2) is 0 Å². The standard InChI is InChI=1S/C16H11Br/c17-16-9-7-13(8-10-16)15-6-5-12-3-1-2-4-14(12)11-15/h1-11H/i1D,2D,3D,4D,5D,6D,7D,8D,9D,10D,11D. The van der Waals surface area contributed by atoms with Gasteiger partial charge in [0.05, 0.1) is 15.1 Å². The lowest BCUT2D eigenvalue weighted by molar-refractivity contribution is 1.61. The molecule has 0 aliphatic carbocycles. The summed E-state index contributed by atoms with van der Waals surface area (Å²) in [6.45, 7) is 0. The highest BCUT2D eigenvalue weighted by Crippen LogP contribution is 2.25. The minimum absolute atomic E-state index is 0.0851. The molecule has 0 N–H and O–H groups in total. The Hall–Kier alpha value is -1.60. The third kappa shape index (κ3) is 2.11. The average molecular weight is 294 g/mol. The molecule has 1 heteroatoms. The summed E-state index contributed by atoms with van der Waals surface area (Å²) < 4.78 is 88.7. The third-order valence-corrected chi connectivity index (χ3v) is 2.49. The van der Waals surface area contributed by atoms with Crippen molar-refractivity contribution in [1.82, 2.24) is 0 Å². The highest BCUT2D eigenvalue weighted by molar-refractivity contribution is 9.10. The van der Waals surface area contributed by atoms with Crippen LogP contribution in [-0.2, 0) is 0 Å². The summed E-state index contributed by atoms with van der Waals surface area (Å²) >= 11 is 2.97. The van der Waals surface area contributed by atoms with E-state index < -0.39 is 66.5 Å². The normalized spacial score (nSPS) is 19.7. The lowest BCUT2D eigenvalue weighted by Gasteiger charge is -2.04. The van der Waals surface area contributed by atoms with Gasteiger partial charge in [-0.25, -0.2) is 0 Å². The summed E-state index contributed by atoms with van der Waals surface area (Å²) in [5.74, 6) is 0. The molecular formula is C16H11Br. The molecule has 0 aromatic heterocycles. The SMILES string of the molecule is [2H]c1c([2H])c(-c2c([2H])c([2H])c3c([2H])c([2H])c([2H])c([2H])c3c2[2H])c([2H])c([2H])c1Br. The molecule has 0 spiro atoms. The van der Waals surface area contributed by atoms with Crippen molar-refractivity contribution >= 4 is 26.7 Å². The molecule has 0 atom stereocenters. The van der Waals surface area contributed by atoms with Crippen LogP contribution in [0.2, 0.25) is 0 Å². The number of benzene rings is 3. The zero-order chi connectivity index (χ0) is 21.2. The minimum atomic E-state index is -0.607. The van der Waals surface area contributed by atoms with Crippen molar-refractivity contribution in [3.05, 3.63) is 70.9 Å². The molecule has 17 heavy (non-hydrogen) atoms. The van der Waals surface area contributed by atoms with Gasteiger partial charge in [0.2, 0.25) is 0 Å². The van der Waals surface area contributed by atoms with Crippen LogP contribution in [-0.4, -0.2) is 0 Å². The molecule has 0 bridgehead atoms. The fourth-order valence-corrected chi connectivity index (χ4v) is 1.53. The zero-order valence-electron chi connectivity index (χ0n) is 19.4. The summed E-state index contributed by atoms with van der Waals surface area (Å²) in [5.41, 5.74) is -0.747. The molecule has 0 heterocycles. The van der Waals surface area contributed by atoms with E-state index in [0.717, 1.165) is 0 Å². The lowest BCUT2D eigenvalue weighted by Crippen LogP contribution is -1.78.